The van der Waals surface area contributed by atoms with Crippen molar-refractivity contribution in [1.82, 2.24) is 10.6 Å². The van der Waals surface area contributed by atoms with Gasteiger partial charge in [-0.05, 0) is 50.6 Å². The summed E-state index contributed by atoms with van der Waals surface area (Å²) in [4.78, 5) is 0. The zero-order valence-corrected chi connectivity index (χ0v) is 11.6. The molecule has 18 heavy (non-hydrogen) atoms. The lowest BCUT2D eigenvalue weighted by atomic mass is 9.73. The highest BCUT2D eigenvalue weighted by Gasteiger charge is 2.38. The normalized spacial score (nSPS) is 40.8. The van der Waals surface area contributed by atoms with Gasteiger partial charge in [0.15, 0.2) is 0 Å². The van der Waals surface area contributed by atoms with E-state index in [9.17, 15) is 10.2 Å². The lowest BCUT2D eigenvalue weighted by molar-refractivity contribution is -0.0489. The van der Waals surface area contributed by atoms with Gasteiger partial charge in [0.1, 0.15) is 0 Å². The van der Waals surface area contributed by atoms with E-state index in [1.807, 2.05) is 0 Å². The second-order valence-electron chi connectivity index (χ2n) is 6.38. The molecule has 1 aliphatic heterocycles. The SMILES string of the molecule is CC(C)NCCC1CNC2CC(O)C(O)CC2C1. The highest BCUT2D eigenvalue weighted by molar-refractivity contribution is 4.94. The molecule has 1 saturated heterocycles. The van der Waals surface area contributed by atoms with Crippen LogP contribution in [0.3, 0.4) is 0 Å². The fourth-order valence-electron chi connectivity index (χ4n) is 3.38. The third-order valence-electron chi connectivity index (χ3n) is 4.46. The summed E-state index contributed by atoms with van der Waals surface area (Å²) in [5.74, 6) is 1.25. The van der Waals surface area contributed by atoms with Crippen LogP contribution in [-0.2, 0) is 0 Å². The van der Waals surface area contributed by atoms with Crippen molar-refractivity contribution in [3.8, 4) is 0 Å². The molecule has 0 spiro atoms. The number of aliphatic hydroxyl groups is 2. The molecule has 0 aromatic rings. The number of hydrogen-bond donors (Lipinski definition) is 4. The first-order valence-electron chi connectivity index (χ1n) is 7.39. The van der Waals surface area contributed by atoms with E-state index in [2.05, 4.69) is 24.5 Å². The summed E-state index contributed by atoms with van der Waals surface area (Å²) in [6, 6.07) is 0.971. The van der Waals surface area contributed by atoms with Gasteiger partial charge in [-0.3, -0.25) is 0 Å². The Labute approximate surface area is 110 Å². The Kier molecular flexibility index (Phi) is 5.01. The van der Waals surface area contributed by atoms with Crippen LogP contribution >= 0.6 is 0 Å². The third-order valence-corrected chi connectivity index (χ3v) is 4.46. The molecule has 1 aliphatic carbocycles. The quantitative estimate of drug-likeness (QED) is 0.591. The van der Waals surface area contributed by atoms with Crippen LogP contribution in [0.25, 0.3) is 0 Å². The molecule has 0 bridgehead atoms. The minimum atomic E-state index is -0.530. The zero-order valence-electron chi connectivity index (χ0n) is 11.6. The zero-order chi connectivity index (χ0) is 13.1. The summed E-state index contributed by atoms with van der Waals surface area (Å²) in [7, 11) is 0. The van der Waals surface area contributed by atoms with Gasteiger partial charge in [-0.1, -0.05) is 13.8 Å². The maximum absolute atomic E-state index is 9.76. The number of fused-ring (bicyclic) bond motifs is 1. The summed E-state index contributed by atoms with van der Waals surface area (Å²) in [5.41, 5.74) is 0. The van der Waals surface area contributed by atoms with E-state index in [1.54, 1.807) is 0 Å². The van der Waals surface area contributed by atoms with E-state index < -0.39 is 12.2 Å². The fraction of sp³-hybridized carbons (Fsp3) is 1.00. The summed E-state index contributed by atoms with van der Waals surface area (Å²) >= 11 is 0. The predicted molar refractivity (Wildman–Crippen MR) is 72.4 cm³/mol. The van der Waals surface area contributed by atoms with Gasteiger partial charge in [-0.2, -0.15) is 0 Å². The van der Waals surface area contributed by atoms with E-state index in [-0.39, 0.29) is 0 Å². The number of aliphatic hydroxyl groups excluding tert-OH is 2. The van der Waals surface area contributed by atoms with Gasteiger partial charge in [-0.15, -0.1) is 0 Å². The van der Waals surface area contributed by atoms with E-state index in [0.717, 1.165) is 19.5 Å². The Morgan fingerprint density at radius 3 is 2.61 bits per heavy atom. The van der Waals surface area contributed by atoms with Gasteiger partial charge >= 0.3 is 0 Å². The Morgan fingerprint density at radius 1 is 1.17 bits per heavy atom. The molecule has 4 N–H and O–H groups in total. The first-order chi connectivity index (χ1) is 8.56. The molecule has 0 amide bonds. The lowest BCUT2D eigenvalue weighted by Gasteiger charge is -2.43. The van der Waals surface area contributed by atoms with Crippen molar-refractivity contribution in [2.24, 2.45) is 11.8 Å². The first-order valence-corrected chi connectivity index (χ1v) is 7.39. The summed E-state index contributed by atoms with van der Waals surface area (Å²) < 4.78 is 0. The van der Waals surface area contributed by atoms with Crippen molar-refractivity contribution >= 4 is 0 Å². The topological polar surface area (TPSA) is 64.5 Å². The van der Waals surface area contributed by atoms with Crippen LogP contribution in [0.5, 0.6) is 0 Å². The van der Waals surface area contributed by atoms with E-state index >= 15 is 0 Å². The lowest BCUT2D eigenvalue weighted by Crippen LogP contribution is -2.53. The van der Waals surface area contributed by atoms with Crippen molar-refractivity contribution in [1.29, 1.82) is 0 Å². The minimum Gasteiger partial charge on any atom is -0.390 e. The van der Waals surface area contributed by atoms with E-state index in [4.69, 9.17) is 0 Å². The van der Waals surface area contributed by atoms with Crippen LogP contribution in [0, 0.1) is 11.8 Å². The van der Waals surface area contributed by atoms with Gasteiger partial charge in [-0.25, -0.2) is 0 Å². The smallest absolute Gasteiger partial charge is 0.0814 e. The second kappa shape index (κ2) is 6.33. The molecule has 4 heteroatoms. The predicted octanol–water partition coefficient (Wildman–Crippen LogP) is 0.484. The van der Waals surface area contributed by atoms with E-state index in [0.29, 0.717) is 30.3 Å². The number of piperidine rings is 1. The van der Waals surface area contributed by atoms with Crippen molar-refractivity contribution in [3.63, 3.8) is 0 Å². The summed E-state index contributed by atoms with van der Waals surface area (Å²) in [6.07, 6.45) is 2.82. The molecule has 5 atom stereocenters. The monoisotopic (exact) mass is 256 g/mol. The molecule has 2 rings (SSSR count). The average molecular weight is 256 g/mol. The highest BCUT2D eigenvalue weighted by Crippen LogP contribution is 2.34. The fourth-order valence-corrected chi connectivity index (χ4v) is 3.38. The molecule has 2 fully saturated rings. The van der Waals surface area contributed by atoms with Crippen molar-refractivity contribution < 1.29 is 10.2 Å². The average Bonchev–Trinajstić information content (AvgIpc) is 2.30. The van der Waals surface area contributed by atoms with Crippen molar-refractivity contribution in [2.75, 3.05) is 13.1 Å². The third kappa shape index (κ3) is 3.67. The van der Waals surface area contributed by atoms with Crippen LogP contribution in [-0.4, -0.2) is 47.6 Å². The Morgan fingerprint density at radius 2 is 1.89 bits per heavy atom. The molecule has 4 nitrogen and oxygen atoms in total. The van der Waals surface area contributed by atoms with Crippen LogP contribution < -0.4 is 10.6 Å². The standard InChI is InChI=1S/C14H28N2O2/c1-9(2)15-4-3-10-5-11-6-13(17)14(18)7-12(11)16-8-10/h9-18H,3-8H2,1-2H3. The Hall–Kier alpha value is -0.160. The Balaban J connectivity index is 1.75. The molecule has 0 aromatic carbocycles. The molecule has 1 heterocycles. The second-order valence-corrected chi connectivity index (χ2v) is 6.38. The summed E-state index contributed by atoms with van der Waals surface area (Å²) in [6.45, 7) is 6.48. The summed E-state index contributed by atoms with van der Waals surface area (Å²) in [5, 5.41) is 26.5. The molecule has 1 saturated carbocycles. The first kappa shape index (κ1) is 14.3. The van der Waals surface area contributed by atoms with E-state index in [1.165, 1.54) is 12.8 Å². The van der Waals surface area contributed by atoms with Crippen molar-refractivity contribution in [2.45, 2.75) is 63.8 Å². The molecular weight excluding hydrogens is 228 g/mol. The van der Waals surface area contributed by atoms with Gasteiger partial charge in [0.2, 0.25) is 0 Å². The molecule has 5 unspecified atom stereocenters. The van der Waals surface area contributed by atoms with Gasteiger partial charge in [0.05, 0.1) is 12.2 Å². The number of rotatable bonds is 4. The molecule has 106 valence electrons. The molecule has 0 aromatic heterocycles. The molecule has 0 radical (unpaired) electrons. The van der Waals surface area contributed by atoms with Crippen LogP contribution in [0.1, 0.15) is 39.5 Å². The Bertz CT molecular complexity index is 260. The van der Waals surface area contributed by atoms with Crippen LogP contribution in [0.15, 0.2) is 0 Å². The number of nitrogens with one attached hydrogen (secondary N) is 2. The van der Waals surface area contributed by atoms with Gasteiger partial charge in [0.25, 0.3) is 0 Å². The van der Waals surface area contributed by atoms with Gasteiger partial charge in [0, 0.05) is 12.1 Å². The van der Waals surface area contributed by atoms with Crippen molar-refractivity contribution in [3.05, 3.63) is 0 Å². The van der Waals surface area contributed by atoms with Crippen LogP contribution in [0.4, 0.5) is 0 Å². The maximum Gasteiger partial charge on any atom is 0.0814 e. The number of hydrogen-bond acceptors (Lipinski definition) is 4. The molecular formula is C14H28N2O2. The van der Waals surface area contributed by atoms with Crippen LogP contribution in [0.2, 0.25) is 0 Å². The highest BCUT2D eigenvalue weighted by atomic mass is 16.3. The molecule has 2 aliphatic rings. The maximum atomic E-state index is 9.76. The largest absolute Gasteiger partial charge is 0.390 e. The van der Waals surface area contributed by atoms with Gasteiger partial charge < -0.3 is 20.8 Å². The minimum absolute atomic E-state index is 0.415.